The summed E-state index contributed by atoms with van der Waals surface area (Å²) in [6.07, 6.45) is 6.29. The maximum absolute atomic E-state index is 13.5. The molecule has 1 unspecified atom stereocenters. The van der Waals surface area contributed by atoms with Gasteiger partial charge in [-0.3, -0.25) is 9.78 Å². The van der Waals surface area contributed by atoms with Gasteiger partial charge in [0.1, 0.15) is 0 Å². The van der Waals surface area contributed by atoms with Gasteiger partial charge in [-0.15, -0.1) is 0 Å². The Balaban J connectivity index is 2.10. The zero-order valence-corrected chi connectivity index (χ0v) is 10.3. The highest BCUT2D eigenvalue weighted by molar-refractivity contribution is 5.94. The average Bonchev–Trinajstić information content (AvgIpc) is 2.84. The van der Waals surface area contributed by atoms with Crippen LogP contribution in [0, 0.1) is 5.82 Å². The maximum atomic E-state index is 13.5. The number of carbonyl (C=O) groups excluding carboxylic acids is 1. The molecular weight excluding hydrogens is 233 g/mol. The average molecular weight is 251 g/mol. The molecule has 0 aliphatic carbocycles. The quantitative estimate of drug-likeness (QED) is 0.883. The van der Waals surface area contributed by atoms with E-state index in [1.165, 1.54) is 12.3 Å². The van der Waals surface area contributed by atoms with E-state index in [0.29, 0.717) is 13.1 Å². The summed E-state index contributed by atoms with van der Waals surface area (Å²) in [6.45, 7) is 1.33. The molecule has 1 atom stereocenters. The number of amides is 1. The number of nitrogens with zero attached hydrogens (tertiary/aromatic N) is 2. The minimum absolute atomic E-state index is 0.115. The normalized spacial score (nSPS) is 19.2. The summed E-state index contributed by atoms with van der Waals surface area (Å²) in [7, 11) is 0. The molecule has 18 heavy (non-hydrogen) atoms. The van der Waals surface area contributed by atoms with Crippen molar-refractivity contribution in [1.29, 1.82) is 0 Å². The predicted octanol–water partition coefficient (Wildman–Crippen LogP) is 1.56. The Morgan fingerprint density at radius 3 is 3.17 bits per heavy atom. The minimum atomic E-state index is -0.549. The Kier molecular flexibility index (Phi) is 4.25. The minimum Gasteiger partial charge on any atom is -0.336 e. The molecule has 0 aromatic carbocycles. The SMILES string of the molecule is NCCCC1CCCN1C(=O)c1ccncc1F. The lowest BCUT2D eigenvalue weighted by Gasteiger charge is -2.24. The third-order valence-corrected chi connectivity index (χ3v) is 3.38. The highest BCUT2D eigenvalue weighted by Gasteiger charge is 2.30. The molecule has 98 valence electrons. The summed E-state index contributed by atoms with van der Waals surface area (Å²) in [5.41, 5.74) is 5.61. The van der Waals surface area contributed by atoms with Crippen LogP contribution in [0.25, 0.3) is 0 Å². The van der Waals surface area contributed by atoms with E-state index in [1.807, 2.05) is 0 Å². The van der Waals surface area contributed by atoms with E-state index in [9.17, 15) is 9.18 Å². The first-order valence-corrected chi connectivity index (χ1v) is 6.34. The van der Waals surface area contributed by atoms with Crippen molar-refractivity contribution in [3.05, 3.63) is 29.8 Å². The lowest BCUT2D eigenvalue weighted by molar-refractivity contribution is 0.0724. The van der Waals surface area contributed by atoms with E-state index in [-0.39, 0.29) is 17.5 Å². The second kappa shape index (κ2) is 5.91. The summed E-state index contributed by atoms with van der Waals surface area (Å²) in [6, 6.07) is 1.64. The number of hydrogen-bond acceptors (Lipinski definition) is 3. The van der Waals surface area contributed by atoms with E-state index in [2.05, 4.69) is 4.98 Å². The Labute approximate surface area is 106 Å². The zero-order chi connectivity index (χ0) is 13.0. The third-order valence-electron chi connectivity index (χ3n) is 3.38. The van der Waals surface area contributed by atoms with Crippen LogP contribution in [-0.4, -0.2) is 34.9 Å². The van der Waals surface area contributed by atoms with Gasteiger partial charge in [0, 0.05) is 18.8 Å². The number of carbonyl (C=O) groups is 1. The van der Waals surface area contributed by atoms with Gasteiger partial charge in [0.25, 0.3) is 5.91 Å². The second-order valence-corrected chi connectivity index (χ2v) is 4.58. The van der Waals surface area contributed by atoms with Gasteiger partial charge in [-0.2, -0.15) is 0 Å². The fourth-order valence-corrected chi connectivity index (χ4v) is 2.46. The molecule has 2 rings (SSSR count). The summed E-state index contributed by atoms with van der Waals surface area (Å²) in [5.74, 6) is -0.776. The van der Waals surface area contributed by atoms with Crippen molar-refractivity contribution >= 4 is 5.91 Å². The van der Waals surface area contributed by atoms with Crippen LogP contribution in [-0.2, 0) is 0 Å². The first kappa shape index (κ1) is 13.0. The van der Waals surface area contributed by atoms with Gasteiger partial charge < -0.3 is 10.6 Å². The Morgan fingerprint density at radius 1 is 1.61 bits per heavy atom. The topological polar surface area (TPSA) is 59.2 Å². The van der Waals surface area contributed by atoms with Crippen molar-refractivity contribution in [2.75, 3.05) is 13.1 Å². The maximum Gasteiger partial charge on any atom is 0.257 e. The predicted molar refractivity (Wildman–Crippen MR) is 66.5 cm³/mol. The van der Waals surface area contributed by atoms with Crippen LogP contribution in [0.5, 0.6) is 0 Å². The molecular formula is C13H18FN3O. The number of likely N-dealkylation sites (tertiary alicyclic amines) is 1. The van der Waals surface area contributed by atoms with Gasteiger partial charge in [-0.1, -0.05) is 0 Å². The summed E-state index contributed by atoms with van der Waals surface area (Å²) in [4.78, 5) is 17.7. The number of pyridine rings is 1. The van der Waals surface area contributed by atoms with Gasteiger partial charge in [0.2, 0.25) is 0 Å². The van der Waals surface area contributed by atoms with Gasteiger partial charge >= 0.3 is 0 Å². The summed E-state index contributed by atoms with van der Waals surface area (Å²) < 4.78 is 13.5. The lowest BCUT2D eigenvalue weighted by atomic mass is 10.1. The van der Waals surface area contributed by atoms with Crippen LogP contribution in [0.2, 0.25) is 0 Å². The van der Waals surface area contributed by atoms with E-state index in [4.69, 9.17) is 5.73 Å². The van der Waals surface area contributed by atoms with Gasteiger partial charge in [-0.05, 0) is 38.3 Å². The largest absolute Gasteiger partial charge is 0.336 e. The van der Waals surface area contributed by atoms with E-state index in [1.54, 1.807) is 4.90 Å². The van der Waals surface area contributed by atoms with Crippen molar-refractivity contribution in [2.45, 2.75) is 31.7 Å². The van der Waals surface area contributed by atoms with Crippen LogP contribution in [0.15, 0.2) is 18.5 Å². The fraction of sp³-hybridized carbons (Fsp3) is 0.538. The molecule has 2 heterocycles. The molecule has 0 radical (unpaired) electrons. The Morgan fingerprint density at radius 2 is 2.44 bits per heavy atom. The van der Waals surface area contributed by atoms with Crippen LogP contribution >= 0.6 is 0 Å². The van der Waals surface area contributed by atoms with Crippen LogP contribution in [0.4, 0.5) is 4.39 Å². The third kappa shape index (κ3) is 2.67. The fourth-order valence-electron chi connectivity index (χ4n) is 2.46. The molecule has 1 aromatic rings. The van der Waals surface area contributed by atoms with E-state index in [0.717, 1.165) is 31.9 Å². The van der Waals surface area contributed by atoms with E-state index < -0.39 is 5.82 Å². The van der Waals surface area contributed by atoms with Crippen molar-refractivity contribution in [3.8, 4) is 0 Å². The van der Waals surface area contributed by atoms with Crippen molar-refractivity contribution in [3.63, 3.8) is 0 Å². The molecule has 4 nitrogen and oxygen atoms in total. The molecule has 1 aliphatic rings. The molecule has 1 aromatic heterocycles. The molecule has 5 heteroatoms. The smallest absolute Gasteiger partial charge is 0.257 e. The van der Waals surface area contributed by atoms with Gasteiger partial charge in [0.05, 0.1) is 11.8 Å². The first-order valence-electron chi connectivity index (χ1n) is 6.34. The Bertz CT molecular complexity index is 424. The monoisotopic (exact) mass is 251 g/mol. The summed E-state index contributed by atoms with van der Waals surface area (Å²) >= 11 is 0. The molecule has 1 aliphatic heterocycles. The van der Waals surface area contributed by atoms with Gasteiger partial charge in [0.15, 0.2) is 5.82 Å². The zero-order valence-electron chi connectivity index (χ0n) is 10.3. The number of rotatable bonds is 4. The molecule has 2 N–H and O–H groups in total. The van der Waals surface area contributed by atoms with Crippen molar-refractivity contribution in [2.24, 2.45) is 5.73 Å². The molecule has 0 saturated carbocycles. The molecule has 0 bridgehead atoms. The number of nitrogens with two attached hydrogens (primary N) is 1. The number of hydrogen-bond donors (Lipinski definition) is 1. The standard InChI is InChI=1S/C13H18FN3O/c14-12-9-16-7-5-11(12)13(18)17-8-2-4-10(17)3-1-6-15/h5,7,9-10H,1-4,6,8,15H2. The summed E-state index contributed by atoms with van der Waals surface area (Å²) in [5, 5.41) is 0. The van der Waals surface area contributed by atoms with Crippen LogP contribution in [0.3, 0.4) is 0 Å². The number of aromatic nitrogens is 1. The molecule has 1 saturated heterocycles. The van der Waals surface area contributed by atoms with Crippen LogP contribution in [0.1, 0.15) is 36.0 Å². The van der Waals surface area contributed by atoms with Crippen molar-refractivity contribution < 1.29 is 9.18 Å². The van der Waals surface area contributed by atoms with Gasteiger partial charge in [-0.25, -0.2) is 4.39 Å². The second-order valence-electron chi connectivity index (χ2n) is 4.58. The number of halogens is 1. The highest BCUT2D eigenvalue weighted by Crippen LogP contribution is 2.23. The first-order chi connectivity index (χ1) is 8.74. The lowest BCUT2D eigenvalue weighted by Crippen LogP contribution is -2.36. The van der Waals surface area contributed by atoms with Crippen molar-refractivity contribution in [1.82, 2.24) is 9.88 Å². The Hall–Kier alpha value is -1.49. The molecule has 0 spiro atoms. The molecule has 1 fully saturated rings. The van der Waals surface area contributed by atoms with Crippen LogP contribution < -0.4 is 5.73 Å². The molecule has 1 amide bonds. The highest BCUT2D eigenvalue weighted by atomic mass is 19.1. The van der Waals surface area contributed by atoms with E-state index >= 15 is 0 Å².